The van der Waals surface area contributed by atoms with Gasteiger partial charge >= 0.3 is 5.97 Å². The fourth-order valence-corrected chi connectivity index (χ4v) is 2.21. The lowest BCUT2D eigenvalue weighted by Gasteiger charge is -2.22. The number of nitrogens with one attached hydrogen (secondary N) is 1. The summed E-state index contributed by atoms with van der Waals surface area (Å²) in [5.41, 5.74) is 3.16. The summed E-state index contributed by atoms with van der Waals surface area (Å²) < 4.78 is 4.52. The quantitative estimate of drug-likeness (QED) is 0.279. The molecule has 0 bridgehead atoms. The van der Waals surface area contributed by atoms with E-state index in [0.717, 1.165) is 16.8 Å². The molecule has 2 rings (SSSR count). The lowest BCUT2D eigenvalue weighted by atomic mass is 10.3. The van der Waals surface area contributed by atoms with Gasteiger partial charge in [-0.05, 0) is 0 Å². The standard InChI is InChI=1S/C9H12N4O4S/c1-13-9(15,16)7-6(12-13)8(11-4-10-7)18-3-5(14)17-2/h4,12,15-16H,3H2,1-2H3. The molecule has 18 heavy (non-hydrogen) atoms. The van der Waals surface area contributed by atoms with E-state index in [1.807, 2.05) is 0 Å². The Labute approximate surface area is 107 Å². The number of fused-ring (bicyclic) bond motifs is 1. The molecule has 0 fully saturated rings. The van der Waals surface area contributed by atoms with E-state index < -0.39 is 11.9 Å². The molecule has 1 aliphatic rings. The van der Waals surface area contributed by atoms with Crippen molar-refractivity contribution in [3.8, 4) is 0 Å². The van der Waals surface area contributed by atoms with E-state index in [0.29, 0.717) is 10.7 Å². The van der Waals surface area contributed by atoms with Crippen LogP contribution in [-0.2, 0) is 15.4 Å². The molecule has 0 spiro atoms. The van der Waals surface area contributed by atoms with E-state index >= 15 is 0 Å². The number of thioether (sulfide) groups is 1. The third kappa shape index (κ3) is 2.12. The number of hydrogen-bond acceptors (Lipinski definition) is 9. The molecule has 1 aliphatic heterocycles. The highest BCUT2D eigenvalue weighted by molar-refractivity contribution is 8.00. The summed E-state index contributed by atoms with van der Waals surface area (Å²) >= 11 is 1.12. The van der Waals surface area contributed by atoms with E-state index in [-0.39, 0.29) is 11.4 Å². The smallest absolute Gasteiger partial charge is 0.316 e. The molecule has 3 N–H and O–H groups in total. The minimum absolute atomic E-state index is 0.0485. The van der Waals surface area contributed by atoms with Crippen molar-refractivity contribution < 1.29 is 19.7 Å². The van der Waals surface area contributed by atoms with Crippen LogP contribution in [0.5, 0.6) is 0 Å². The maximum absolute atomic E-state index is 11.1. The summed E-state index contributed by atoms with van der Waals surface area (Å²) in [7, 11) is 2.75. The second kappa shape index (κ2) is 4.69. The lowest BCUT2D eigenvalue weighted by Crippen LogP contribution is -2.41. The molecule has 0 unspecified atom stereocenters. The molecular formula is C9H12N4O4S. The average Bonchev–Trinajstić information content (AvgIpc) is 2.58. The molecule has 0 radical (unpaired) electrons. The maximum atomic E-state index is 11.1. The van der Waals surface area contributed by atoms with Gasteiger partial charge < -0.3 is 20.4 Å². The number of nitrogens with zero attached hydrogens (tertiary/aromatic N) is 3. The fourth-order valence-electron chi connectivity index (χ4n) is 1.42. The largest absolute Gasteiger partial charge is 0.468 e. The van der Waals surface area contributed by atoms with Gasteiger partial charge in [0.15, 0.2) is 0 Å². The normalized spacial score (nSPS) is 17.1. The van der Waals surface area contributed by atoms with Gasteiger partial charge in [-0.15, -0.1) is 0 Å². The van der Waals surface area contributed by atoms with Crippen molar-refractivity contribution >= 4 is 23.4 Å². The zero-order chi connectivity index (χ0) is 13.3. The van der Waals surface area contributed by atoms with E-state index in [2.05, 4.69) is 20.1 Å². The van der Waals surface area contributed by atoms with Crippen LogP contribution in [0.25, 0.3) is 0 Å². The summed E-state index contributed by atoms with van der Waals surface area (Å²) in [6.07, 6.45) is 1.21. The number of aliphatic hydroxyl groups is 2. The molecule has 98 valence electrons. The molecule has 0 saturated heterocycles. The monoisotopic (exact) mass is 272 g/mol. The number of carbonyl (C=O) groups excluding carboxylic acids is 1. The molecule has 1 aromatic heterocycles. The molecule has 2 heterocycles. The van der Waals surface area contributed by atoms with E-state index in [9.17, 15) is 15.0 Å². The maximum Gasteiger partial charge on any atom is 0.316 e. The first kappa shape index (κ1) is 13.0. The highest BCUT2D eigenvalue weighted by atomic mass is 32.2. The van der Waals surface area contributed by atoms with Crippen LogP contribution in [0.15, 0.2) is 11.4 Å². The van der Waals surface area contributed by atoms with Gasteiger partial charge in [-0.2, -0.15) is 5.01 Å². The molecule has 8 nitrogen and oxygen atoms in total. The zero-order valence-corrected chi connectivity index (χ0v) is 10.6. The topological polar surface area (TPSA) is 108 Å². The second-order valence-electron chi connectivity index (χ2n) is 3.57. The number of esters is 1. The number of carbonyl (C=O) groups is 1. The Kier molecular flexibility index (Phi) is 3.39. The predicted molar refractivity (Wildman–Crippen MR) is 62.3 cm³/mol. The van der Waals surface area contributed by atoms with Gasteiger partial charge in [0.1, 0.15) is 22.7 Å². The molecule has 0 aliphatic carbocycles. The van der Waals surface area contributed by atoms with Gasteiger partial charge in [-0.1, -0.05) is 11.8 Å². The molecular weight excluding hydrogens is 260 g/mol. The van der Waals surface area contributed by atoms with Gasteiger partial charge in [0.05, 0.1) is 12.9 Å². The van der Waals surface area contributed by atoms with Crippen LogP contribution in [0.3, 0.4) is 0 Å². The summed E-state index contributed by atoms with van der Waals surface area (Å²) in [5, 5.41) is 21.1. The summed E-state index contributed by atoms with van der Waals surface area (Å²) in [4.78, 5) is 18.9. The molecule has 0 saturated carbocycles. The van der Waals surface area contributed by atoms with Crippen molar-refractivity contribution in [2.45, 2.75) is 10.9 Å². The number of hydrogen-bond donors (Lipinski definition) is 3. The van der Waals surface area contributed by atoms with E-state index in [4.69, 9.17) is 0 Å². The number of anilines is 1. The van der Waals surface area contributed by atoms with Crippen molar-refractivity contribution in [3.05, 3.63) is 12.0 Å². The first-order chi connectivity index (χ1) is 8.46. The molecule has 0 atom stereocenters. The third-order valence-electron chi connectivity index (χ3n) is 2.43. The summed E-state index contributed by atoms with van der Waals surface area (Å²) in [6, 6.07) is 0. The van der Waals surface area contributed by atoms with Crippen molar-refractivity contribution in [2.24, 2.45) is 0 Å². The van der Waals surface area contributed by atoms with Crippen LogP contribution in [0, 0.1) is 0 Å². The van der Waals surface area contributed by atoms with Gasteiger partial charge in [0, 0.05) is 7.05 Å². The molecule has 9 heteroatoms. The van der Waals surface area contributed by atoms with Gasteiger partial charge in [0.2, 0.25) is 0 Å². The fraction of sp³-hybridized carbons (Fsp3) is 0.444. The van der Waals surface area contributed by atoms with Crippen LogP contribution in [0.2, 0.25) is 0 Å². The Balaban J connectivity index is 2.26. The van der Waals surface area contributed by atoms with Crippen molar-refractivity contribution in [1.82, 2.24) is 15.0 Å². The SMILES string of the molecule is COC(=O)CSc1ncnc2c1NN(C)C2(O)O. The van der Waals surface area contributed by atoms with Crippen LogP contribution < -0.4 is 5.43 Å². The van der Waals surface area contributed by atoms with Crippen molar-refractivity contribution in [3.63, 3.8) is 0 Å². The van der Waals surface area contributed by atoms with E-state index in [1.165, 1.54) is 20.5 Å². The Bertz CT molecular complexity index is 482. The zero-order valence-electron chi connectivity index (χ0n) is 9.75. The van der Waals surface area contributed by atoms with E-state index in [1.54, 1.807) is 0 Å². The second-order valence-corrected chi connectivity index (χ2v) is 4.54. The molecule has 1 aromatic rings. The Morgan fingerprint density at radius 2 is 2.33 bits per heavy atom. The van der Waals surface area contributed by atoms with Gasteiger partial charge in [-0.25, -0.2) is 9.97 Å². The Morgan fingerprint density at radius 1 is 1.61 bits per heavy atom. The first-order valence-corrected chi connectivity index (χ1v) is 5.95. The third-order valence-corrected chi connectivity index (χ3v) is 3.39. The number of aromatic nitrogens is 2. The minimum atomic E-state index is -2.20. The number of hydrazine groups is 1. The number of rotatable bonds is 3. The van der Waals surface area contributed by atoms with Gasteiger partial charge in [-0.3, -0.25) is 4.79 Å². The van der Waals surface area contributed by atoms with Gasteiger partial charge in [0.25, 0.3) is 5.91 Å². The summed E-state index contributed by atoms with van der Waals surface area (Å²) in [6.45, 7) is 0. The van der Waals surface area contributed by atoms with Crippen molar-refractivity contribution in [2.75, 3.05) is 25.3 Å². The lowest BCUT2D eigenvalue weighted by molar-refractivity contribution is -0.253. The Hall–Kier alpha value is -1.42. The Morgan fingerprint density at radius 3 is 3.00 bits per heavy atom. The first-order valence-electron chi connectivity index (χ1n) is 4.97. The van der Waals surface area contributed by atoms with Crippen LogP contribution in [0.1, 0.15) is 5.69 Å². The summed E-state index contributed by atoms with van der Waals surface area (Å²) in [5.74, 6) is -2.51. The van der Waals surface area contributed by atoms with Crippen LogP contribution >= 0.6 is 11.8 Å². The minimum Gasteiger partial charge on any atom is -0.468 e. The highest BCUT2D eigenvalue weighted by Gasteiger charge is 2.43. The average molecular weight is 272 g/mol. The highest BCUT2D eigenvalue weighted by Crippen LogP contribution is 2.38. The number of methoxy groups -OCH3 is 1. The molecule has 0 amide bonds. The van der Waals surface area contributed by atoms with Crippen molar-refractivity contribution in [1.29, 1.82) is 0 Å². The molecule has 0 aromatic carbocycles. The van der Waals surface area contributed by atoms with Crippen LogP contribution in [-0.4, -0.2) is 51.1 Å². The number of ether oxygens (including phenoxy) is 1. The van der Waals surface area contributed by atoms with Crippen LogP contribution in [0.4, 0.5) is 5.69 Å². The predicted octanol–water partition coefficient (Wildman–Crippen LogP) is -0.891.